The van der Waals surface area contributed by atoms with Crippen LogP contribution in [-0.2, 0) is 17.8 Å². The molecule has 0 bridgehead atoms. The molecule has 2 fully saturated rings. The van der Waals surface area contributed by atoms with Gasteiger partial charge >= 0.3 is 0 Å². The van der Waals surface area contributed by atoms with E-state index in [1.165, 1.54) is 11.3 Å². The number of aromatic nitrogens is 4. The first-order chi connectivity index (χ1) is 17.2. The Kier molecular flexibility index (Phi) is 6.03. The predicted molar refractivity (Wildman–Crippen MR) is 137 cm³/mol. The van der Waals surface area contributed by atoms with Crippen molar-refractivity contribution in [3.05, 3.63) is 41.7 Å². The van der Waals surface area contributed by atoms with Crippen LogP contribution >= 0.6 is 0 Å². The van der Waals surface area contributed by atoms with Gasteiger partial charge in [-0.3, -0.25) is 4.90 Å². The van der Waals surface area contributed by atoms with Crippen LogP contribution in [0.25, 0.3) is 22.0 Å². The summed E-state index contributed by atoms with van der Waals surface area (Å²) in [4.78, 5) is 9.85. The second-order valence-electron chi connectivity index (χ2n) is 9.54. The average molecular weight is 476 g/mol. The smallest absolute Gasteiger partial charge is 0.180 e. The van der Waals surface area contributed by atoms with Crippen LogP contribution in [0.3, 0.4) is 0 Å². The number of anilines is 2. The highest BCUT2D eigenvalue weighted by Gasteiger charge is 2.25. The molecule has 2 saturated heterocycles. The summed E-state index contributed by atoms with van der Waals surface area (Å²) in [6.45, 7) is 11.3. The zero-order chi connectivity index (χ0) is 23.8. The number of rotatable bonds is 6. The molecule has 0 radical (unpaired) electrons. The Morgan fingerprint density at radius 2 is 1.86 bits per heavy atom. The Bertz CT molecular complexity index is 1320. The van der Waals surface area contributed by atoms with Gasteiger partial charge in [-0.15, -0.1) is 0 Å². The third-order valence-electron chi connectivity index (χ3n) is 7.37. The maximum absolute atomic E-state index is 5.60. The zero-order valence-electron chi connectivity index (χ0n) is 20.5. The van der Waals surface area contributed by atoms with Crippen molar-refractivity contribution < 1.29 is 9.26 Å². The molecule has 9 nitrogen and oxygen atoms in total. The van der Waals surface area contributed by atoms with Crippen molar-refractivity contribution in [1.82, 2.24) is 24.8 Å². The lowest BCUT2D eigenvalue weighted by Gasteiger charge is -2.35. The molecule has 2 aliphatic rings. The minimum atomic E-state index is 0.412. The predicted octanol–water partition coefficient (Wildman–Crippen LogP) is 3.81. The van der Waals surface area contributed by atoms with E-state index in [0.717, 1.165) is 98.8 Å². The van der Waals surface area contributed by atoms with Gasteiger partial charge in [0, 0.05) is 69.8 Å². The average Bonchev–Trinajstić information content (AvgIpc) is 3.51. The summed E-state index contributed by atoms with van der Waals surface area (Å²) < 4.78 is 13.1. The molecule has 6 rings (SSSR count). The van der Waals surface area contributed by atoms with E-state index < -0.39 is 0 Å². The van der Waals surface area contributed by atoms with Gasteiger partial charge in [0.1, 0.15) is 0 Å². The highest BCUT2D eigenvalue weighted by Crippen LogP contribution is 2.32. The van der Waals surface area contributed by atoms with Gasteiger partial charge in [0.05, 0.1) is 22.7 Å². The van der Waals surface area contributed by atoms with Crippen LogP contribution in [0.1, 0.15) is 31.0 Å². The van der Waals surface area contributed by atoms with E-state index in [9.17, 15) is 0 Å². The topological polar surface area (TPSA) is 84.5 Å². The van der Waals surface area contributed by atoms with Crippen molar-refractivity contribution in [2.45, 2.75) is 45.8 Å². The number of ether oxygens (including phenoxy) is 1. The van der Waals surface area contributed by atoms with Crippen molar-refractivity contribution >= 4 is 33.5 Å². The van der Waals surface area contributed by atoms with Crippen LogP contribution < -0.4 is 10.2 Å². The minimum absolute atomic E-state index is 0.412. The maximum Gasteiger partial charge on any atom is 0.180 e. The van der Waals surface area contributed by atoms with Gasteiger partial charge < -0.3 is 19.5 Å². The fourth-order valence-corrected chi connectivity index (χ4v) is 5.32. The van der Waals surface area contributed by atoms with Crippen LogP contribution in [0, 0.1) is 6.92 Å². The second kappa shape index (κ2) is 9.47. The lowest BCUT2D eigenvalue weighted by Crippen LogP contribution is -2.46. The first-order valence-electron chi connectivity index (χ1n) is 12.7. The summed E-state index contributed by atoms with van der Waals surface area (Å²) in [5, 5.41) is 15.1. The molecule has 0 saturated carbocycles. The Balaban J connectivity index is 1.24. The van der Waals surface area contributed by atoms with Crippen molar-refractivity contribution in [2.75, 3.05) is 49.6 Å². The lowest BCUT2D eigenvalue weighted by molar-refractivity contribution is 0.0904. The van der Waals surface area contributed by atoms with E-state index in [1.54, 1.807) is 0 Å². The van der Waals surface area contributed by atoms with Gasteiger partial charge in [-0.25, -0.2) is 9.67 Å². The number of nitrogens with zero attached hydrogens (tertiary/aromatic N) is 6. The standard InChI is InChI=1S/C26H33N7O2/c1-3-33-25-21(16-27-33)24(29-19-8-14-34-15-9-19)22(18(2)28-25)17-31-10-12-32(13-11-31)26-20-6-4-5-7-23(20)35-30-26/h4-7,16,19H,3,8-15,17H2,1-2H3,(H,28,29). The van der Waals surface area contributed by atoms with E-state index in [0.29, 0.717) is 6.04 Å². The largest absolute Gasteiger partial charge is 0.381 e. The molecule has 0 aliphatic carbocycles. The Morgan fingerprint density at radius 1 is 1.06 bits per heavy atom. The highest BCUT2D eigenvalue weighted by molar-refractivity contribution is 5.91. The molecule has 0 atom stereocenters. The Morgan fingerprint density at radius 3 is 2.66 bits per heavy atom. The number of aryl methyl sites for hydroxylation is 2. The Hall–Kier alpha value is -3.17. The van der Waals surface area contributed by atoms with Gasteiger partial charge in [0.15, 0.2) is 17.0 Å². The summed E-state index contributed by atoms with van der Waals surface area (Å²) >= 11 is 0. The molecule has 4 aromatic rings. The van der Waals surface area contributed by atoms with Crippen molar-refractivity contribution in [1.29, 1.82) is 0 Å². The van der Waals surface area contributed by atoms with Gasteiger partial charge in [-0.1, -0.05) is 17.3 Å². The minimum Gasteiger partial charge on any atom is -0.381 e. The van der Waals surface area contributed by atoms with Crippen molar-refractivity contribution in [2.24, 2.45) is 0 Å². The number of nitrogens with one attached hydrogen (secondary N) is 1. The third kappa shape index (κ3) is 4.23. The molecule has 0 spiro atoms. The maximum atomic E-state index is 5.60. The van der Waals surface area contributed by atoms with E-state index in [1.807, 2.05) is 29.1 Å². The Labute approximate surface area is 205 Å². The van der Waals surface area contributed by atoms with E-state index >= 15 is 0 Å². The number of benzene rings is 1. The number of piperazine rings is 1. The molecule has 5 heterocycles. The molecule has 0 unspecified atom stereocenters. The summed E-state index contributed by atoms with van der Waals surface area (Å²) in [5.74, 6) is 0.952. The zero-order valence-corrected chi connectivity index (χ0v) is 20.5. The molecule has 1 aromatic carbocycles. The van der Waals surface area contributed by atoms with Crippen LogP contribution in [0.5, 0.6) is 0 Å². The highest BCUT2D eigenvalue weighted by atomic mass is 16.5. The molecule has 3 aromatic heterocycles. The summed E-state index contributed by atoms with van der Waals surface area (Å²) in [7, 11) is 0. The van der Waals surface area contributed by atoms with Crippen molar-refractivity contribution in [3.63, 3.8) is 0 Å². The van der Waals surface area contributed by atoms with Crippen LogP contribution in [-0.4, -0.2) is 70.3 Å². The number of hydrogen-bond acceptors (Lipinski definition) is 8. The van der Waals surface area contributed by atoms with E-state index in [2.05, 4.69) is 45.3 Å². The molecule has 2 aliphatic heterocycles. The molecular formula is C26H33N7O2. The van der Waals surface area contributed by atoms with Gasteiger partial charge in [0.2, 0.25) is 0 Å². The molecule has 35 heavy (non-hydrogen) atoms. The van der Waals surface area contributed by atoms with Crippen LogP contribution in [0.2, 0.25) is 0 Å². The van der Waals surface area contributed by atoms with Crippen molar-refractivity contribution in [3.8, 4) is 0 Å². The summed E-state index contributed by atoms with van der Waals surface area (Å²) in [5.41, 5.74) is 5.36. The lowest BCUT2D eigenvalue weighted by atomic mass is 10.0. The summed E-state index contributed by atoms with van der Waals surface area (Å²) in [6, 6.07) is 8.50. The van der Waals surface area contributed by atoms with Gasteiger partial charge in [0.25, 0.3) is 0 Å². The van der Waals surface area contributed by atoms with Crippen LogP contribution in [0.4, 0.5) is 11.5 Å². The van der Waals surface area contributed by atoms with Gasteiger partial charge in [-0.05, 0) is 38.8 Å². The number of hydrogen-bond donors (Lipinski definition) is 1. The van der Waals surface area contributed by atoms with Crippen LogP contribution in [0.15, 0.2) is 35.0 Å². The monoisotopic (exact) mass is 475 g/mol. The quantitative estimate of drug-likeness (QED) is 0.451. The number of para-hydroxylation sites is 1. The van der Waals surface area contributed by atoms with E-state index in [4.69, 9.17) is 14.2 Å². The number of pyridine rings is 1. The molecule has 184 valence electrons. The molecule has 1 N–H and O–H groups in total. The summed E-state index contributed by atoms with van der Waals surface area (Å²) in [6.07, 6.45) is 4.02. The molecule has 9 heteroatoms. The first kappa shape index (κ1) is 22.3. The normalized spacial score (nSPS) is 18.1. The van der Waals surface area contributed by atoms with Gasteiger partial charge in [-0.2, -0.15) is 5.10 Å². The number of fused-ring (bicyclic) bond motifs is 2. The SMILES string of the molecule is CCn1ncc2c(NC3CCOCC3)c(CN3CCN(c4noc5ccccc45)CC3)c(C)nc21. The third-order valence-corrected chi connectivity index (χ3v) is 7.37. The first-order valence-corrected chi connectivity index (χ1v) is 12.7. The fourth-order valence-electron chi connectivity index (χ4n) is 5.32. The fraction of sp³-hybridized carbons (Fsp3) is 0.500. The molecule has 0 amide bonds. The molecular weight excluding hydrogens is 442 g/mol. The van der Waals surface area contributed by atoms with E-state index in [-0.39, 0.29) is 0 Å². The second-order valence-corrected chi connectivity index (χ2v) is 9.54.